The summed E-state index contributed by atoms with van der Waals surface area (Å²) in [5, 5.41) is 11.7. The molecule has 152 valence electrons. The van der Waals surface area contributed by atoms with E-state index >= 15 is 0 Å². The van der Waals surface area contributed by atoms with Crippen LogP contribution in [-0.2, 0) is 15.1 Å². The van der Waals surface area contributed by atoms with Gasteiger partial charge in [-0.05, 0) is 69.0 Å². The van der Waals surface area contributed by atoms with Crippen LogP contribution in [0.25, 0.3) is 0 Å². The van der Waals surface area contributed by atoms with Gasteiger partial charge in [0.15, 0.2) is 5.60 Å². The molecular formula is C23H37NO3. The van der Waals surface area contributed by atoms with Crippen molar-refractivity contribution in [2.75, 3.05) is 26.2 Å². The Balaban J connectivity index is 2.28. The summed E-state index contributed by atoms with van der Waals surface area (Å²) >= 11 is 0. The number of aryl methyl sites for hydroxylation is 2. The number of aliphatic hydroxyl groups is 1. The molecule has 4 heteroatoms. The minimum Gasteiger partial charge on any atom is -0.462 e. The van der Waals surface area contributed by atoms with E-state index in [0.29, 0.717) is 18.7 Å². The molecule has 0 unspecified atom stereocenters. The number of benzene rings is 1. The summed E-state index contributed by atoms with van der Waals surface area (Å²) < 4.78 is 5.63. The number of hydrogen-bond acceptors (Lipinski definition) is 4. The fourth-order valence-electron chi connectivity index (χ4n) is 4.21. The van der Waals surface area contributed by atoms with Crippen LogP contribution in [-0.4, -0.2) is 42.2 Å². The smallest absolute Gasteiger partial charge is 0.343 e. The van der Waals surface area contributed by atoms with E-state index in [2.05, 4.69) is 25.7 Å². The average Bonchev–Trinajstić information content (AvgIpc) is 2.68. The maximum absolute atomic E-state index is 13.1. The summed E-state index contributed by atoms with van der Waals surface area (Å²) in [5.41, 5.74) is 2.57. The van der Waals surface area contributed by atoms with Gasteiger partial charge in [0.2, 0.25) is 0 Å². The molecule has 0 spiro atoms. The van der Waals surface area contributed by atoms with Crippen molar-refractivity contribution >= 4 is 5.97 Å². The summed E-state index contributed by atoms with van der Waals surface area (Å²) in [7, 11) is 0. The van der Waals surface area contributed by atoms with E-state index in [9.17, 15) is 9.90 Å². The highest BCUT2D eigenvalue weighted by molar-refractivity contribution is 5.82. The van der Waals surface area contributed by atoms with Crippen LogP contribution < -0.4 is 0 Å². The van der Waals surface area contributed by atoms with E-state index in [1.807, 2.05) is 26.0 Å². The summed E-state index contributed by atoms with van der Waals surface area (Å²) in [5.74, 6) is -0.557. The first-order valence-electron chi connectivity index (χ1n) is 10.5. The Morgan fingerprint density at radius 1 is 1.11 bits per heavy atom. The SMILES string of the molecule is CCN(CC)CCOC(=O)[C@](O)(c1cc(C)c(C)c(C)c1)C1CCCCC1. The first-order chi connectivity index (χ1) is 12.8. The second-order valence-electron chi connectivity index (χ2n) is 8.00. The summed E-state index contributed by atoms with van der Waals surface area (Å²) in [6.45, 7) is 13.2. The Morgan fingerprint density at radius 2 is 1.67 bits per heavy atom. The fourth-order valence-corrected chi connectivity index (χ4v) is 4.21. The molecule has 1 saturated carbocycles. The quantitative estimate of drug-likeness (QED) is 0.690. The van der Waals surface area contributed by atoms with Gasteiger partial charge in [0.05, 0.1) is 0 Å². The Labute approximate surface area is 164 Å². The lowest BCUT2D eigenvalue weighted by molar-refractivity contribution is -0.176. The average molecular weight is 376 g/mol. The third-order valence-electron chi connectivity index (χ3n) is 6.41. The predicted molar refractivity (Wildman–Crippen MR) is 110 cm³/mol. The zero-order valence-corrected chi connectivity index (χ0v) is 17.8. The molecule has 27 heavy (non-hydrogen) atoms. The van der Waals surface area contributed by atoms with Crippen molar-refractivity contribution in [2.24, 2.45) is 5.92 Å². The van der Waals surface area contributed by atoms with Crippen LogP contribution in [0.3, 0.4) is 0 Å². The summed E-state index contributed by atoms with van der Waals surface area (Å²) in [4.78, 5) is 15.4. The lowest BCUT2D eigenvalue weighted by Crippen LogP contribution is -2.46. The Hall–Kier alpha value is -1.39. The Kier molecular flexibility index (Phi) is 7.87. The van der Waals surface area contributed by atoms with E-state index in [0.717, 1.165) is 49.9 Å². The number of carbonyl (C=O) groups excluding carboxylic acids is 1. The number of nitrogens with zero attached hydrogens (tertiary/aromatic N) is 1. The normalized spacial score (nSPS) is 17.7. The van der Waals surface area contributed by atoms with Gasteiger partial charge in [-0.25, -0.2) is 4.79 Å². The Bertz CT molecular complexity index is 610. The van der Waals surface area contributed by atoms with Gasteiger partial charge in [-0.3, -0.25) is 0 Å². The highest BCUT2D eigenvalue weighted by Gasteiger charge is 2.47. The van der Waals surface area contributed by atoms with Crippen LogP contribution in [0, 0.1) is 26.7 Å². The van der Waals surface area contributed by atoms with E-state index in [1.54, 1.807) is 0 Å². The third kappa shape index (κ3) is 4.91. The zero-order valence-electron chi connectivity index (χ0n) is 17.8. The van der Waals surface area contributed by atoms with Gasteiger partial charge >= 0.3 is 5.97 Å². The van der Waals surface area contributed by atoms with Crippen molar-refractivity contribution in [3.63, 3.8) is 0 Å². The van der Waals surface area contributed by atoms with Crippen LogP contribution in [0.5, 0.6) is 0 Å². The molecule has 2 rings (SSSR count). The second-order valence-corrected chi connectivity index (χ2v) is 8.00. The highest BCUT2D eigenvalue weighted by Crippen LogP contribution is 2.41. The molecule has 0 amide bonds. The molecule has 0 aliphatic heterocycles. The second kappa shape index (κ2) is 9.70. The first-order valence-corrected chi connectivity index (χ1v) is 10.5. The van der Waals surface area contributed by atoms with Crippen molar-refractivity contribution in [2.45, 2.75) is 72.3 Å². The van der Waals surface area contributed by atoms with Crippen LogP contribution in [0.1, 0.15) is 68.2 Å². The monoisotopic (exact) mass is 375 g/mol. The molecule has 1 fully saturated rings. The van der Waals surface area contributed by atoms with Crippen LogP contribution in [0.2, 0.25) is 0 Å². The van der Waals surface area contributed by atoms with Crippen LogP contribution in [0.4, 0.5) is 0 Å². The Morgan fingerprint density at radius 3 is 2.19 bits per heavy atom. The largest absolute Gasteiger partial charge is 0.462 e. The van der Waals surface area contributed by atoms with E-state index in [-0.39, 0.29) is 5.92 Å². The van der Waals surface area contributed by atoms with Gasteiger partial charge in [-0.1, -0.05) is 45.2 Å². The minimum absolute atomic E-state index is 0.0753. The molecular weight excluding hydrogens is 338 g/mol. The topological polar surface area (TPSA) is 49.8 Å². The van der Waals surface area contributed by atoms with Gasteiger partial charge in [0.1, 0.15) is 6.61 Å². The summed E-state index contributed by atoms with van der Waals surface area (Å²) in [6, 6.07) is 3.95. The van der Waals surface area contributed by atoms with Crippen molar-refractivity contribution < 1.29 is 14.6 Å². The lowest BCUT2D eigenvalue weighted by Gasteiger charge is -2.37. The number of rotatable bonds is 8. The van der Waals surface area contributed by atoms with Gasteiger partial charge in [-0.15, -0.1) is 0 Å². The van der Waals surface area contributed by atoms with Gasteiger partial charge in [-0.2, -0.15) is 0 Å². The van der Waals surface area contributed by atoms with E-state index < -0.39 is 11.6 Å². The number of esters is 1. The van der Waals surface area contributed by atoms with Crippen molar-refractivity contribution in [3.8, 4) is 0 Å². The molecule has 1 aliphatic carbocycles. The molecule has 0 saturated heterocycles. The number of ether oxygens (including phenoxy) is 1. The zero-order chi connectivity index (χ0) is 20.0. The number of carbonyl (C=O) groups is 1. The highest BCUT2D eigenvalue weighted by atomic mass is 16.5. The summed E-state index contributed by atoms with van der Waals surface area (Å²) in [6.07, 6.45) is 5.03. The van der Waals surface area contributed by atoms with Crippen LogP contribution >= 0.6 is 0 Å². The lowest BCUT2D eigenvalue weighted by atomic mass is 9.72. The molecule has 1 aromatic rings. The number of hydrogen-bond donors (Lipinski definition) is 1. The maximum Gasteiger partial charge on any atom is 0.343 e. The molecule has 0 bridgehead atoms. The molecule has 0 radical (unpaired) electrons. The molecule has 0 aromatic heterocycles. The third-order valence-corrected chi connectivity index (χ3v) is 6.41. The maximum atomic E-state index is 13.1. The van der Waals surface area contributed by atoms with Gasteiger partial charge in [0.25, 0.3) is 0 Å². The van der Waals surface area contributed by atoms with E-state index in [1.165, 1.54) is 12.0 Å². The molecule has 4 nitrogen and oxygen atoms in total. The van der Waals surface area contributed by atoms with E-state index in [4.69, 9.17) is 4.74 Å². The van der Waals surface area contributed by atoms with Gasteiger partial charge < -0.3 is 14.7 Å². The molecule has 1 N–H and O–H groups in total. The van der Waals surface area contributed by atoms with Gasteiger partial charge in [0, 0.05) is 12.5 Å². The van der Waals surface area contributed by atoms with Crippen molar-refractivity contribution in [1.29, 1.82) is 0 Å². The molecule has 0 heterocycles. The fraction of sp³-hybridized carbons (Fsp3) is 0.696. The number of likely N-dealkylation sites (N-methyl/N-ethyl adjacent to an activating group) is 1. The standard InChI is InChI=1S/C23H37NO3/c1-6-24(7-2)13-14-27-22(25)23(26,20-11-9-8-10-12-20)21-15-17(3)19(5)18(4)16-21/h15-16,20,26H,6-14H2,1-5H3/t23-/m1/s1. The molecule has 1 aliphatic rings. The van der Waals surface area contributed by atoms with Crippen molar-refractivity contribution in [3.05, 3.63) is 34.4 Å². The van der Waals surface area contributed by atoms with Crippen molar-refractivity contribution in [1.82, 2.24) is 4.90 Å². The predicted octanol–water partition coefficient (Wildman–Crippen LogP) is 4.26. The first kappa shape index (κ1) is 21.9. The molecule has 1 aromatic carbocycles. The van der Waals surface area contributed by atoms with Crippen LogP contribution in [0.15, 0.2) is 12.1 Å². The minimum atomic E-state index is -1.55. The molecule has 1 atom stereocenters.